The van der Waals surface area contributed by atoms with E-state index in [1.807, 2.05) is 55.6 Å². The normalized spacial score (nSPS) is 20.7. The van der Waals surface area contributed by atoms with Gasteiger partial charge in [0.05, 0.1) is 22.4 Å². The summed E-state index contributed by atoms with van der Waals surface area (Å²) in [7, 11) is 0. The second-order valence-electron chi connectivity index (χ2n) is 8.70. The Morgan fingerprint density at radius 1 is 1.22 bits per heavy atom. The first-order valence-electron chi connectivity index (χ1n) is 11.6. The quantitative estimate of drug-likeness (QED) is 0.207. The molecule has 1 N–H and O–H groups in total. The number of ketones is 1. The van der Waals surface area contributed by atoms with E-state index in [1.54, 1.807) is 12.1 Å². The summed E-state index contributed by atoms with van der Waals surface area (Å²) < 4.78 is 12.2. The molecule has 0 aliphatic carbocycles. The molecule has 0 saturated carbocycles. The molecular weight excluding hydrogens is 496 g/mol. The van der Waals surface area contributed by atoms with Crippen molar-refractivity contribution in [3.8, 4) is 11.5 Å². The van der Waals surface area contributed by atoms with Gasteiger partial charge in [-0.1, -0.05) is 17.4 Å². The van der Waals surface area contributed by atoms with Gasteiger partial charge in [0.2, 0.25) is 0 Å². The number of ether oxygens (including phenoxy) is 2. The van der Waals surface area contributed by atoms with Crippen molar-refractivity contribution in [3.63, 3.8) is 0 Å². The summed E-state index contributed by atoms with van der Waals surface area (Å²) in [5.41, 5.74) is 2.21. The van der Waals surface area contributed by atoms with Crippen molar-refractivity contribution in [2.75, 3.05) is 11.5 Å². The molecule has 7 nitrogen and oxygen atoms in total. The van der Waals surface area contributed by atoms with Crippen LogP contribution in [0.15, 0.2) is 59.5 Å². The van der Waals surface area contributed by atoms with Crippen molar-refractivity contribution < 1.29 is 24.2 Å². The standard InChI is InChI=1S/C27H22N2O5S2/c1-3-33-17-7-8-18-21(13-17)36-27(28-18)29-23(20-5-4-10-35-20)22(25(31)26(29)32)24(30)15-6-9-19-16(12-15)11-14(2)34-19/h4-10,12-14,23,30H,3,11H2,1-2H3/b24-22+/t14-,23+/m1/s1. The van der Waals surface area contributed by atoms with E-state index < -0.39 is 17.7 Å². The maximum absolute atomic E-state index is 13.4. The first-order valence-corrected chi connectivity index (χ1v) is 13.3. The lowest BCUT2D eigenvalue weighted by Gasteiger charge is -2.21. The number of hydrogen-bond acceptors (Lipinski definition) is 8. The van der Waals surface area contributed by atoms with Crippen LogP contribution in [0.1, 0.15) is 35.9 Å². The number of benzene rings is 2. The molecule has 2 aliphatic rings. The topological polar surface area (TPSA) is 89.0 Å². The monoisotopic (exact) mass is 518 g/mol. The van der Waals surface area contributed by atoms with Crippen LogP contribution in [-0.4, -0.2) is 34.5 Å². The van der Waals surface area contributed by atoms with E-state index in [2.05, 4.69) is 4.98 Å². The first kappa shape index (κ1) is 22.8. The van der Waals surface area contributed by atoms with E-state index in [0.717, 1.165) is 20.9 Å². The average Bonchev–Trinajstić information content (AvgIpc) is 3.64. The van der Waals surface area contributed by atoms with Gasteiger partial charge >= 0.3 is 5.91 Å². The van der Waals surface area contributed by atoms with Crippen LogP contribution >= 0.6 is 22.7 Å². The van der Waals surface area contributed by atoms with Crippen LogP contribution in [0.2, 0.25) is 0 Å². The van der Waals surface area contributed by atoms with Crippen molar-refractivity contribution in [1.29, 1.82) is 0 Å². The molecule has 0 radical (unpaired) electrons. The van der Waals surface area contributed by atoms with Crippen LogP contribution in [-0.2, 0) is 16.0 Å². The summed E-state index contributed by atoms with van der Waals surface area (Å²) in [5.74, 6) is -0.152. The highest BCUT2D eigenvalue weighted by atomic mass is 32.1. The fraction of sp³-hybridized carbons (Fsp3) is 0.222. The number of thiophene rings is 1. The average molecular weight is 519 g/mol. The van der Waals surface area contributed by atoms with Gasteiger partial charge < -0.3 is 14.6 Å². The van der Waals surface area contributed by atoms with E-state index in [0.29, 0.717) is 35.0 Å². The third kappa shape index (κ3) is 3.66. The highest BCUT2D eigenvalue weighted by molar-refractivity contribution is 7.22. The van der Waals surface area contributed by atoms with Gasteiger partial charge in [0.1, 0.15) is 29.4 Å². The van der Waals surface area contributed by atoms with Gasteiger partial charge in [-0.25, -0.2) is 4.98 Å². The lowest BCUT2D eigenvalue weighted by Crippen LogP contribution is -2.28. The zero-order valence-electron chi connectivity index (χ0n) is 19.6. The summed E-state index contributed by atoms with van der Waals surface area (Å²) in [4.78, 5) is 33.6. The molecule has 0 unspecified atom stereocenters. The van der Waals surface area contributed by atoms with Gasteiger partial charge in [-0.3, -0.25) is 14.5 Å². The highest BCUT2D eigenvalue weighted by Gasteiger charge is 2.48. The number of rotatable bonds is 5. The molecule has 36 heavy (non-hydrogen) atoms. The summed E-state index contributed by atoms with van der Waals surface area (Å²) in [5, 5.41) is 13.7. The second-order valence-corrected chi connectivity index (χ2v) is 10.7. The Hall–Kier alpha value is -3.69. The Kier molecular flexibility index (Phi) is 5.54. The van der Waals surface area contributed by atoms with E-state index in [1.165, 1.54) is 27.6 Å². The molecule has 182 valence electrons. The van der Waals surface area contributed by atoms with Crippen molar-refractivity contribution in [2.45, 2.75) is 32.4 Å². The fourth-order valence-corrected chi connectivity index (χ4v) is 6.57. The molecule has 1 amide bonds. The number of nitrogens with zero attached hydrogens (tertiary/aromatic N) is 2. The van der Waals surface area contributed by atoms with Crippen LogP contribution in [0.4, 0.5) is 5.13 Å². The molecule has 4 heterocycles. The van der Waals surface area contributed by atoms with Crippen LogP contribution in [0.25, 0.3) is 16.0 Å². The number of hydrogen-bond donors (Lipinski definition) is 1. The zero-order valence-corrected chi connectivity index (χ0v) is 21.2. The molecule has 4 aromatic rings. The molecule has 1 saturated heterocycles. The minimum absolute atomic E-state index is 0.0522. The van der Waals surface area contributed by atoms with Gasteiger partial charge in [0.25, 0.3) is 5.78 Å². The second kappa shape index (κ2) is 8.76. The number of anilines is 1. The minimum atomic E-state index is -0.777. The number of Topliss-reactive ketones (excluding diaryl/α,β-unsaturated/α-hetero) is 1. The molecular formula is C27H22N2O5S2. The molecule has 2 atom stereocenters. The fourth-order valence-electron chi connectivity index (χ4n) is 4.72. The predicted molar refractivity (Wildman–Crippen MR) is 140 cm³/mol. The highest BCUT2D eigenvalue weighted by Crippen LogP contribution is 2.46. The van der Waals surface area contributed by atoms with Gasteiger partial charge in [0, 0.05) is 16.9 Å². The number of amides is 1. The van der Waals surface area contributed by atoms with Crippen LogP contribution < -0.4 is 14.4 Å². The molecule has 1 fully saturated rings. The summed E-state index contributed by atoms with van der Waals surface area (Å²) in [6.07, 6.45) is 0.769. The summed E-state index contributed by atoms with van der Waals surface area (Å²) in [6, 6.07) is 13.8. The van der Waals surface area contributed by atoms with Crippen molar-refractivity contribution >= 4 is 55.5 Å². The first-order chi connectivity index (χ1) is 17.4. The SMILES string of the molecule is CCOc1ccc2nc(N3C(=O)C(=O)/C(=C(/O)c4ccc5c(c4)C[C@@H](C)O5)[C@@H]3c3cccs3)sc2c1. The van der Waals surface area contributed by atoms with Crippen LogP contribution in [0.5, 0.6) is 11.5 Å². The zero-order chi connectivity index (χ0) is 25.0. The van der Waals surface area contributed by atoms with Crippen molar-refractivity contribution in [1.82, 2.24) is 4.98 Å². The number of fused-ring (bicyclic) bond motifs is 2. The molecule has 2 aliphatic heterocycles. The third-order valence-corrected chi connectivity index (χ3v) is 8.23. The van der Waals surface area contributed by atoms with Gasteiger partial charge in [0.15, 0.2) is 5.13 Å². The van der Waals surface area contributed by atoms with Gasteiger partial charge in [-0.15, -0.1) is 11.3 Å². The third-order valence-electron chi connectivity index (χ3n) is 6.29. The van der Waals surface area contributed by atoms with Crippen LogP contribution in [0, 0.1) is 0 Å². The number of aliphatic hydroxyl groups excluding tert-OH is 1. The lowest BCUT2D eigenvalue weighted by molar-refractivity contribution is -0.132. The predicted octanol–water partition coefficient (Wildman–Crippen LogP) is 5.71. The lowest BCUT2D eigenvalue weighted by atomic mass is 9.98. The Balaban J connectivity index is 1.48. The Labute approximate surface area is 215 Å². The van der Waals surface area contributed by atoms with Gasteiger partial charge in [-0.2, -0.15) is 0 Å². The molecule has 6 rings (SSSR count). The summed E-state index contributed by atoms with van der Waals surface area (Å²) >= 11 is 2.73. The number of aromatic nitrogens is 1. The number of carbonyl (C=O) groups excluding carboxylic acids is 2. The maximum Gasteiger partial charge on any atom is 0.301 e. The number of thiazole rings is 1. The van der Waals surface area contributed by atoms with E-state index in [4.69, 9.17) is 9.47 Å². The van der Waals surface area contributed by atoms with Crippen LogP contribution in [0.3, 0.4) is 0 Å². The van der Waals surface area contributed by atoms with Crippen molar-refractivity contribution in [3.05, 3.63) is 75.5 Å². The molecule has 0 bridgehead atoms. The largest absolute Gasteiger partial charge is 0.507 e. The van der Waals surface area contributed by atoms with E-state index >= 15 is 0 Å². The Morgan fingerprint density at radius 3 is 2.86 bits per heavy atom. The molecule has 2 aromatic carbocycles. The van der Waals surface area contributed by atoms with E-state index in [9.17, 15) is 14.7 Å². The molecule has 9 heteroatoms. The molecule has 2 aromatic heterocycles. The number of aliphatic hydroxyl groups is 1. The Bertz CT molecular complexity index is 1540. The number of carbonyl (C=O) groups is 2. The van der Waals surface area contributed by atoms with Crippen molar-refractivity contribution in [2.24, 2.45) is 0 Å². The maximum atomic E-state index is 13.4. The Morgan fingerprint density at radius 2 is 2.08 bits per heavy atom. The summed E-state index contributed by atoms with van der Waals surface area (Å²) in [6.45, 7) is 4.44. The minimum Gasteiger partial charge on any atom is -0.507 e. The smallest absolute Gasteiger partial charge is 0.301 e. The van der Waals surface area contributed by atoms with E-state index in [-0.39, 0.29) is 17.4 Å². The van der Waals surface area contributed by atoms with Gasteiger partial charge in [-0.05, 0) is 67.3 Å². The molecule has 0 spiro atoms.